The van der Waals surface area contributed by atoms with Gasteiger partial charge in [0.1, 0.15) is 5.69 Å². The van der Waals surface area contributed by atoms with E-state index in [9.17, 15) is 8.42 Å². The van der Waals surface area contributed by atoms with Gasteiger partial charge in [-0.05, 0) is 37.4 Å². The third-order valence-electron chi connectivity index (χ3n) is 6.81. The number of likely N-dealkylation sites (N-methyl/N-ethyl adjacent to an activating group) is 1. The Kier molecular flexibility index (Phi) is 6.20. The molecule has 0 radical (unpaired) electrons. The summed E-state index contributed by atoms with van der Waals surface area (Å²) in [5, 5.41) is 11.9. The van der Waals surface area contributed by atoms with E-state index in [-0.39, 0.29) is 10.8 Å². The zero-order valence-electron chi connectivity index (χ0n) is 21.6. The second-order valence-corrected chi connectivity index (χ2v) is 11.7. The summed E-state index contributed by atoms with van der Waals surface area (Å²) in [6, 6.07) is 20.6. The van der Waals surface area contributed by atoms with Crippen molar-refractivity contribution in [2.24, 2.45) is 0 Å². The first-order chi connectivity index (χ1) is 18.7. The Bertz CT molecular complexity index is 1750. The standard InChI is InChI=1S/C27H28N8O3S/c1-33-10-12-34(13-11-33)21-14-20(15-22(16-21)39(2,36)37)29-27-30-26-5-3-4-24(35(26)31-27)19-8-6-18(7-9-19)23-17-25(28)38-32-23/h3-9,14-17H,10-13,28H2,1-2H3,(H,29,31). The first kappa shape index (κ1) is 24.9. The van der Waals surface area contributed by atoms with Crippen molar-refractivity contribution < 1.29 is 12.9 Å². The summed E-state index contributed by atoms with van der Waals surface area (Å²) in [4.78, 5) is 9.35. The number of fused-ring (bicyclic) bond motifs is 1. The van der Waals surface area contributed by atoms with E-state index in [1.54, 1.807) is 22.7 Å². The Labute approximate surface area is 225 Å². The molecule has 0 bridgehead atoms. The van der Waals surface area contributed by atoms with E-state index >= 15 is 0 Å². The predicted octanol–water partition coefficient (Wildman–Crippen LogP) is 3.53. The molecule has 11 nitrogen and oxygen atoms in total. The number of hydrogen-bond donors (Lipinski definition) is 2. The zero-order chi connectivity index (χ0) is 27.1. The lowest BCUT2D eigenvalue weighted by Gasteiger charge is -2.34. The molecule has 2 aromatic carbocycles. The third kappa shape index (κ3) is 5.16. The van der Waals surface area contributed by atoms with Gasteiger partial charge in [0.25, 0.3) is 0 Å². The number of nitrogens with two attached hydrogens (primary N) is 1. The molecule has 1 fully saturated rings. The second kappa shape index (κ2) is 9.71. The molecule has 4 heterocycles. The topological polar surface area (TPSA) is 135 Å². The van der Waals surface area contributed by atoms with Crippen LogP contribution >= 0.6 is 0 Å². The molecule has 39 heavy (non-hydrogen) atoms. The van der Waals surface area contributed by atoms with Gasteiger partial charge in [0.15, 0.2) is 15.5 Å². The van der Waals surface area contributed by atoms with Crippen molar-refractivity contribution in [3.8, 4) is 22.5 Å². The molecule has 12 heteroatoms. The normalized spacial score (nSPS) is 14.7. The van der Waals surface area contributed by atoms with Crippen LogP contribution in [0.25, 0.3) is 28.2 Å². The Morgan fingerprint density at radius 3 is 2.38 bits per heavy atom. The number of nitrogen functional groups attached to an aromatic ring is 1. The molecule has 3 aromatic heterocycles. The number of piperazine rings is 1. The minimum absolute atomic E-state index is 0.250. The van der Waals surface area contributed by atoms with E-state index in [2.05, 4.69) is 32.3 Å². The Morgan fingerprint density at radius 1 is 0.949 bits per heavy atom. The third-order valence-corrected chi connectivity index (χ3v) is 7.90. The summed E-state index contributed by atoms with van der Waals surface area (Å²) in [5.74, 6) is 0.631. The van der Waals surface area contributed by atoms with E-state index in [0.717, 1.165) is 48.7 Å². The number of benzene rings is 2. The van der Waals surface area contributed by atoms with Gasteiger partial charge in [0, 0.05) is 61.0 Å². The van der Waals surface area contributed by atoms with Crippen molar-refractivity contribution in [3.63, 3.8) is 0 Å². The van der Waals surface area contributed by atoms with Crippen LogP contribution in [0, 0.1) is 0 Å². The molecule has 0 aliphatic carbocycles. The van der Waals surface area contributed by atoms with E-state index in [4.69, 9.17) is 15.4 Å². The van der Waals surface area contributed by atoms with Gasteiger partial charge in [-0.15, -0.1) is 5.10 Å². The number of pyridine rings is 1. The molecule has 0 saturated carbocycles. The lowest BCUT2D eigenvalue weighted by molar-refractivity contribution is 0.313. The number of anilines is 4. The quantitative estimate of drug-likeness (QED) is 0.327. The molecular weight excluding hydrogens is 516 g/mol. The average Bonchev–Trinajstić information content (AvgIpc) is 3.54. The number of rotatable bonds is 6. The molecule has 3 N–H and O–H groups in total. The number of hydrogen-bond acceptors (Lipinski definition) is 10. The van der Waals surface area contributed by atoms with Gasteiger partial charge in [-0.25, -0.2) is 12.9 Å². The van der Waals surface area contributed by atoms with Crippen LogP contribution in [-0.2, 0) is 9.84 Å². The van der Waals surface area contributed by atoms with Gasteiger partial charge in [-0.2, -0.15) is 4.98 Å². The summed E-state index contributed by atoms with van der Waals surface area (Å²) in [6.07, 6.45) is 1.22. The molecule has 1 saturated heterocycles. The summed E-state index contributed by atoms with van der Waals surface area (Å²) >= 11 is 0. The fourth-order valence-electron chi connectivity index (χ4n) is 4.66. The van der Waals surface area contributed by atoms with Gasteiger partial charge < -0.3 is 25.4 Å². The summed E-state index contributed by atoms with van der Waals surface area (Å²) in [7, 11) is -1.33. The van der Waals surface area contributed by atoms with Crippen LogP contribution < -0.4 is 16.0 Å². The maximum absolute atomic E-state index is 12.5. The minimum atomic E-state index is -3.42. The lowest BCUT2D eigenvalue weighted by atomic mass is 10.1. The van der Waals surface area contributed by atoms with Crippen molar-refractivity contribution in [3.05, 3.63) is 66.7 Å². The fraction of sp³-hybridized carbons (Fsp3) is 0.222. The molecule has 0 amide bonds. The van der Waals surface area contributed by atoms with Crippen LogP contribution in [0.4, 0.5) is 23.2 Å². The summed E-state index contributed by atoms with van der Waals surface area (Å²) < 4.78 is 31.7. The highest BCUT2D eigenvalue weighted by Gasteiger charge is 2.19. The molecule has 0 unspecified atom stereocenters. The Morgan fingerprint density at radius 2 is 1.69 bits per heavy atom. The van der Waals surface area contributed by atoms with Crippen molar-refractivity contribution in [1.82, 2.24) is 24.7 Å². The second-order valence-electron chi connectivity index (χ2n) is 9.71. The summed E-state index contributed by atoms with van der Waals surface area (Å²) in [6.45, 7) is 3.47. The zero-order valence-corrected chi connectivity index (χ0v) is 22.4. The maximum Gasteiger partial charge on any atom is 0.247 e. The van der Waals surface area contributed by atoms with E-state index < -0.39 is 9.84 Å². The molecular formula is C27H28N8O3S. The molecule has 1 aliphatic heterocycles. The maximum atomic E-state index is 12.5. The van der Waals surface area contributed by atoms with Crippen molar-refractivity contribution in [2.45, 2.75) is 4.90 Å². The molecule has 0 atom stereocenters. The van der Waals surface area contributed by atoms with Crippen molar-refractivity contribution in [1.29, 1.82) is 0 Å². The van der Waals surface area contributed by atoms with Gasteiger partial charge in [-0.3, -0.25) is 0 Å². The Balaban J connectivity index is 1.32. The smallest absolute Gasteiger partial charge is 0.247 e. The molecule has 0 spiro atoms. The van der Waals surface area contributed by atoms with Crippen LogP contribution in [0.1, 0.15) is 0 Å². The van der Waals surface area contributed by atoms with E-state index in [1.807, 2.05) is 48.5 Å². The molecule has 200 valence electrons. The summed E-state index contributed by atoms with van der Waals surface area (Å²) in [5.41, 5.74) is 11.1. The van der Waals surface area contributed by atoms with Crippen molar-refractivity contribution >= 4 is 38.7 Å². The number of sulfone groups is 1. The van der Waals surface area contributed by atoms with Crippen molar-refractivity contribution in [2.75, 3.05) is 55.4 Å². The lowest BCUT2D eigenvalue weighted by Crippen LogP contribution is -2.44. The Hall–Kier alpha value is -4.42. The van der Waals surface area contributed by atoms with Crippen LogP contribution in [0.2, 0.25) is 0 Å². The largest absolute Gasteiger partial charge is 0.369 e. The minimum Gasteiger partial charge on any atom is -0.369 e. The van der Waals surface area contributed by atoms with Gasteiger partial charge in [-0.1, -0.05) is 35.5 Å². The average molecular weight is 545 g/mol. The number of nitrogens with one attached hydrogen (secondary N) is 1. The predicted molar refractivity (Wildman–Crippen MR) is 151 cm³/mol. The molecule has 5 aromatic rings. The highest BCUT2D eigenvalue weighted by Crippen LogP contribution is 2.29. The number of nitrogens with zero attached hydrogens (tertiary/aromatic N) is 6. The highest BCUT2D eigenvalue weighted by atomic mass is 32.2. The van der Waals surface area contributed by atoms with E-state index in [1.165, 1.54) is 6.26 Å². The highest BCUT2D eigenvalue weighted by molar-refractivity contribution is 7.90. The van der Waals surface area contributed by atoms with Gasteiger partial charge in [0.05, 0.1) is 10.6 Å². The first-order valence-electron chi connectivity index (χ1n) is 12.5. The molecule has 6 rings (SSSR count). The van der Waals surface area contributed by atoms with Crippen LogP contribution in [0.5, 0.6) is 0 Å². The first-order valence-corrected chi connectivity index (χ1v) is 14.4. The monoisotopic (exact) mass is 544 g/mol. The SMILES string of the molecule is CN1CCN(c2cc(Nc3nc4cccc(-c5ccc(-c6cc(N)on6)cc5)n4n3)cc(S(C)(=O)=O)c2)CC1. The number of aromatic nitrogens is 4. The van der Waals surface area contributed by atoms with Gasteiger partial charge >= 0.3 is 0 Å². The van der Waals surface area contributed by atoms with Crippen LogP contribution in [-0.4, -0.2) is 72.6 Å². The fourth-order valence-corrected chi connectivity index (χ4v) is 5.34. The van der Waals surface area contributed by atoms with E-state index in [0.29, 0.717) is 23.0 Å². The van der Waals surface area contributed by atoms with Gasteiger partial charge in [0.2, 0.25) is 11.8 Å². The molecule has 1 aliphatic rings. The van der Waals surface area contributed by atoms with Crippen LogP contribution in [0.15, 0.2) is 76.1 Å². The van der Waals surface area contributed by atoms with Crippen LogP contribution in [0.3, 0.4) is 0 Å².